The number of amides is 1. The topological polar surface area (TPSA) is 91.0 Å². The van der Waals surface area contributed by atoms with E-state index in [0.29, 0.717) is 19.5 Å². The van der Waals surface area contributed by atoms with Crippen LogP contribution in [0.1, 0.15) is 35.9 Å². The minimum atomic E-state index is -1.11. The Morgan fingerprint density at radius 3 is 2.74 bits per heavy atom. The maximum absolute atomic E-state index is 11.9. The van der Waals surface area contributed by atoms with Crippen molar-refractivity contribution in [1.82, 2.24) is 4.90 Å². The predicted octanol–water partition coefficient (Wildman–Crippen LogP) is 0.894. The minimum Gasteiger partial charge on any atom is -0.478 e. The minimum absolute atomic E-state index is 0.0118. The molecule has 1 aromatic rings. The summed E-state index contributed by atoms with van der Waals surface area (Å²) in [7, 11) is 0. The molecule has 1 amide bonds. The van der Waals surface area contributed by atoms with E-state index in [9.17, 15) is 14.7 Å². The van der Waals surface area contributed by atoms with Crippen LogP contribution in [0.25, 0.3) is 0 Å². The highest BCUT2D eigenvalue weighted by atomic mass is 16.4. The third-order valence-corrected chi connectivity index (χ3v) is 3.33. The van der Waals surface area contributed by atoms with E-state index >= 15 is 0 Å². The molecule has 6 heteroatoms. The molecule has 0 bridgehead atoms. The SMILES string of the molecule is CCCC1(O)CN(C(=O)Cc2occc2C(=O)O)C1. The molecule has 2 heterocycles. The number of β-amino-alcohol motifs (C(OH)–C–C–N with tert-alkyl or cyclic N) is 1. The van der Waals surface area contributed by atoms with Gasteiger partial charge in [0.15, 0.2) is 0 Å². The lowest BCUT2D eigenvalue weighted by Gasteiger charge is -2.46. The first-order chi connectivity index (χ1) is 8.95. The predicted molar refractivity (Wildman–Crippen MR) is 65.8 cm³/mol. The van der Waals surface area contributed by atoms with Gasteiger partial charge in [0, 0.05) is 0 Å². The number of likely N-dealkylation sites (tertiary alicyclic amines) is 1. The van der Waals surface area contributed by atoms with Gasteiger partial charge in [0.25, 0.3) is 0 Å². The summed E-state index contributed by atoms with van der Waals surface area (Å²) in [4.78, 5) is 24.3. The van der Waals surface area contributed by atoms with Crippen LogP contribution in [-0.2, 0) is 11.2 Å². The summed E-state index contributed by atoms with van der Waals surface area (Å²) in [6.45, 7) is 2.59. The number of aromatic carboxylic acids is 1. The molecule has 6 nitrogen and oxygen atoms in total. The molecule has 0 saturated carbocycles. The van der Waals surface area contributed by atoms with Crippen LogP contribution >= 0.6 is 0 Å². The number of carboxylic acid groups (broad SMARTS) is 1. The van der Waals surface area contributed by atoms with Crippen LogP contribution in [0.15, 0.2) is 16.7 Å². The second kappa shape index (κ2) is 5.05. The van der Waals surface area contributed by atoms with E-state index in [1.54, 1.807) is 0 Å². The Balaban J connectivity index is 1.93. The highest BCUT2D eigenvalue weighted by Gasteiger charge is 2.42. The highest BCUT2D eigenvalue weighted by Crippen LogP contribution is 2.26. The second-order valence-electron chi connectivity index (χ2n) is 4.96. The van der Waals surface area contributed by atoms with Gasteiger partial charge in [-0.05, 0) is 12.5 Å². The fourth-order valence-electron chi connectivity index (χ4n) is 2.38. The molecule has 0 atom stereocenters. The zero-order valence-electron chi connectivity index (χ0n) is 10.8. The van der Waals surface area contributed by atoms with Crippen molar-refractivity contribution >= 4 is 11.9 Å². The molecular weight excluding hydrogens is 250 g/mol. The van der Waals surface area contributed by atoms with Crippen molar-refractivity contribution in [1.29, 1.82) is 0 Å². The summed E-state index contributed by atoms with van der Waals surface area (Å²) < 4.78 is 5.02. The fourth-order valence-corrected chi connectivity index (χ4v) is 2.38. The van der Waals surface area contributed by atoms with Crippen molar-refractivity contribution in [2.24, 2.45) is 0 Å². The fraction of sp³-hybridized carbons (Fsp3) is 0.538. The van der Waals surface area contributed by atoms with E-state index < -0.39 is 11.6 Å². The maximum Gasteiger partial charge on any atom is 0.339 e. The number of hydrogen-bond donors (Lipinski definition) is 2. The third-order valence-electron chi connectivity index (χ3n) is 3.33. The highest BCUT2D eigenvalue weighted by molar-refractivity contribution is 5.90. The molecule has 1 saturated heterocycles. The average molecular weight is 267 g/mol. The molecule has 0 aliphatic carbocycles. The monoisotopic (exact) mass is 267 g/mol. The number of rotatable bonds is 5. The zero-order chi connectivity index (χ0) is 14.0. The van der Waals surface area contributed by atoms with Crippen molar-refractivity contribution in [2.75, 3.05) is 13.1 Å². The van der Waals surface area contributed by atoms with Gasteiger partial charge in [-0.25, -0.2) is 4.79 Å². The lowest BCUT2D eigenvalue weighted by molar-refractivity contribution is -0.156. The number of hydrogen-bond acceptors (Lipinski definition) is 4. The van der Waals surface area contributed by atoms with Crippen LogP contribution in [0, 0.1) is 0 Å². The van der Waals surface area contributed by atoms with Crippen molar-refractivity contribution in [3.8, 4) is 0 Å². The number of carbonyl (C=O) groups excluding carboxylic acids is 1. The summed E-state index contributed by atoms with van der Waals surface area (Å²) >= 11 is 0. The van der Waals surface area contributed by atoms with Crippen LogP contribution < -0.4 is 0 Å². The molecule has 104 valence electrons. The molecule has 1 fully saturated rings. The van der Waals surface area contributed by atoms with Gasteiger partial charge in [0.1, 0.15) is 11.3 Å². The Kier molecular flexibility index (Phi) is 3.61. The van der Waals surface area contributed by atoms with E-state index in [1.165, 1.54) is 17.2 Å². The van der Waals surface area contributed by atoms with E-state index in [-0.39, 0.29) is 23.7 Å². The molecule has 1 aromatic heterocycles. The maximum atomic E-state index is 11.9. The van der Waals surface area contributed by atoms with Gasteiger partial charge in [0.2, 0.25) is 5.91 Å². The van der Waals surface area contributed by atoms with Gasteiger partial charge in [-0.3, -0.25) is 4.79 Å². The largest absolute Gasteiger partial charge is 0.478 e. The lowest BCUT2D eigenvalue weighted by atomic mass is 9.89. The van der Waals surface area contributed by atoms with Gasteiger partial charge in [-0.2, -0.15) is 0 Å². The van der Waals surface area contributed by atoms with Crippen LogP contribution in [0.4, 0.5) is 0 Å². The first kappa shape index (κ1) is 13.6. The Bertz CT molecular complexity index is 487. The number of nitrogens with zero attached hydrogens (tertiary/aromatic N) is 1. The molecule has 0 spiro atoms. The number of carboxylic acids is 1. The molecule has 1 aliphatic heterocycles. The lowest BCUT2D eigenvalue weighted by Crippen LogP contribution is -2.63. The van der Waals surface area contributed by atoms with E-state index in [0.717, 1.165) is 6.42 Å². The van der Waals surface area contributed by atoms with Gasteiger partial charge < -0.3 is 19.5 Å². The third kappa shape index (κ3) is 2.78. The van der Waals surface area contributed by atoms with Crippen molar-refractivity contribution in [3.63, 3.8) is 0 Å². The number of aliphatic hydroxyl groups is 1. The molecule has 0 unspecified atom stereocenters. The van der Waals surface area contributed by atoms with Crippen LogP contribution in [0.5, 0.6) is 0 Å². The Morgan fingerprint density at radius 1 is 1.47 bits per heavy atom. The van der Waals surface area contributed by atoms with Gasteiger partial charge in [-0.1, -0.05) is 13.3 Å². The van der Waals surface area contributed by atoms with Gasteiger partial charge >= 0.3 is 5.97 Å². The van der Waals surface area contributed by atoms with Crippen molar-refractivity contribution in [3.05, 3.63) is 23.7 Å². The van der Waals surface area contributed by atoms with Gasteiger partial charge in [-0.15, -0.1) is 0 Å². The Morgan fingerprint density at radius 2 is 2.16 bits per heavy atom. The molecule has 0 radical (unpaired) electrons. The van der Waals surface area contributed by atoms with Gasteiger partial charge in [0.05, 0.1) is 31.4 Å². The van der Waals surface area contributed by atoms with E-state index in [1.807, 2.05) is 6.92 Å². The summed E-state index contributed by atoms with van der Waals surface area (Å²) in [5, 5.41) is 18.9. The van der Waals surface area contributed by atoms with E-state index in [4.69, 9.17) is 9.52 Å². The van der Waals surface area contributed by atoms with Crippen LogP contribution in [0.2, 0.25) is 0 Å². The molecule has 0 aromatic carbocycles. The Labute approximate surface area is 110 Å². The molecular formula is C13H17NO5. The van der Waals surface area contributed by atoms with Crippen molar-refractivity contribution in [2.45, 2.75) is 31.8 Å². The van der Waals surface area contributed by atoms with Crippen LogP contribution in [-0.4, -0.2) is 45.7 Å². The summed E-state index contributed by atoms with van der Waals surface area (Å²) in [5.41, 5.74) is -0.763. The smallest absolute Gasteiger partial charge is 0.339 e. The summed E-state index contributed by atoms with van der Waals surface area (Å²) in [6.07, 6.45) is 2.70. The average Bonchev–Trinajstić information content (AvgIpc) is 2.74. The van der Waals surface area contributed by atoms with E-state index in [2.05, 4.69) is 0 Å². The standard InChI is InChI=1S/C13H17NO5/c1-2-4-13(18)7-14(8-13)11(15)6-10-9(12(16)17)3-5-19-10/h3,5,18H,2,4,6-8H2,1H3,(H,16,17). The zero-order valence-corrected chi connectivity index (χ0v) is 10.8. The number of furan rings is 1. The summed E-state index contributed by atoms with van der Waals surface area (Å²) in [5.74, 6) is -1.18. The van der Waals surface area contributed by atoms with Crippen LogP contribution in [0.3, 0.4) is 0 Å². The normalized spacial score (nSPS) is 17.1. The first-order valence-corrected chi connectivity index (χ1v) is 6.25. The Hall–Kier alpha value is -1.82. The molecule has 1 aliphatic rings. The quantitative estimate of drug-likeness (QED) is 0.826. The molecule has 2 N–H and O–H groups in total. The second-order valence-corrected chi connectivity index (χ2v) is 4.96. The first-order valence-electron chi connectivity index (χ1n) is 6.25. The van der Waals surface area contributed by atoms with Crippen molar-refractivity contribution < 1.29 is 24.2 Å². The molecule has 2 rings (SSSR count). The summed E-state index contributed by atoms with van der Waals surface area (Å²) in [6, 6.07) is 1.33. The number of carbonyl (C=O) groups is 2. The molecule has 19 heavy (non-hydrogen) atoms.